The van der Waals surface area contributed by atoms with Crippen molar-refractivity contribution in [2.24, 2.45) is 4.99 Å². The molecule has 0 spiro atoms. The summed E-state index contributed by atoms with van der Waals surface area (Å²) in [5, 5.41) is 1.08. The van der Waals surface area contributed by atoms with Gasteiger partial charge in [-0.1, -0.05) is 12.2 Å². The Balaban J connectivity index is 2.46. The van der Waals surface area contributed by atoms with Crippen LogP contribution >= 0.6 is 0 Å². The molecule has 0 unspecified atom stereocenters. The second-order valence-corrected chi connectivity index (χ2v) is 3.03. The molecule has 0 bridgehead atoms. The molecule has 0 amide bonds. The molecule has 13 heavy (non-hydrogen) atoms. The van der Waals surface area contributed by atoms with Crippen LogP contribution in [0.15, 0.2) is 41.4 Å². The Morgan fingerprint density at radius 3 is 3.31 bits per heavy atom. The van der Waals surface area contributed by atoms with Crippen LogP contribution in [0.1, 0.15) is 6.42 Å². The molecule has 1 aliphatic carbocycles. The van der Waals surface area contributed by atoms with Crippen molar-refractivity contribution in [2.75, 3.05) is 0 Å². The van der Waals surface area contributed by atoms with Crippen LogP contribution in [0.25, 0.3) is 5.57 Å². The fraction of sp³-hybridized carbons (Fsp3) is 0.100. The lowest BCUT2D eigenvalue weighted by Crippen LogP contribution is -2.26. The Hall–Kier alpha value is -1.77. The highest BCUT2D eigenvalue weighted by Crippen LogP contribution is 2.21. The minimum atomic E-state index is 0.806. The third kappa shape index (κ3) is 0.869. The SMILES string of the molecule is C1=CCC2=c3cncnc3=NC2=C1. The highest BCUT2D eigenvalue weighted by molar-refractivity contribution is 5.68. The van der Waals surface area contributed by atoms with Crippen molar-refractivity contribution in [3.63, 3.8) is 0 Å². The first-order valence-electron chi connectivity index (χ1n) is 4.20. The summed E-state index contributed by atoms with van der Waals surface area (Å²) < 4.78 is 0. The lowest BCUT2D eigenvalue weighted by molar-refractivity contribution is 1.05. The van der Waals surface area contributed by atoms with Gasteiger partial charge in [-0.15, -0.1) is 0 Å². The normalized spacial score (nSPS) is 17.5. The van der Waals surface area contributed by atoms with E-state index in [1.807, 2.05) is 18.3 Å². The Kier molecular flexibility index (Phi) is 1.22. The molecular formula is C10H7N3. The standard InChI is InChI=1S/C10H7N3/c1-2-4-9-7(3-1)8-5-11-6-12-10(8)13-9/h1-2,4-6H,3H2. The highest BCUT2D eigenvalue weighted by atomic mass is 14.9. The summed E-state index contributed by atoms with van der Waals surface area (Å²) in [7, 11) is 0. The van der Waals surface area contributed by atoms with Gasteiger partial charge in [-0.25, -0.2) is 15.0 Å². The molecule has 3 nitrogen and oxygen atoms in total. The minimum absolute atomic E-state index is 0.806. The summed E-state index contributed by atoms with van der Waals surface area (Å²) in [5.74, 6) is 0. The summed E-state index contributed by atoms with van der Waals surface area (Å²) in [4.78, 5) is 12.5. The molecule has 0 aromatic carbocycles. The molecule has 2 heterocycles. The summed E-state index contributed by atoms with van der Waals surface area (Å²) in [6, 6.07) is 0. The van der Waals surface area contributed by atoms with Gasteiger partial charge in [-0.3, -0.25) is 0 Å². The monoisotopic (exact) mass is 169 g/mol. The van der Waals surface area contributed by atoms with Crippen LogP contribution in [-0.4, -0.2) is 9.97 Å². The molecule has 0 fully saturated rings. The average Bonchev–Trinajstić information content (AvgIpc) is 2.56. The molecule has 0 saturated heterocycles. The third-order valence-electron chi connectivity index (χ3n) is 2.26. The van der Waals surface area contributed by atoms with Crippen LogP contribution in [-0.2, 0) is 0 Å². The number of hydrogen-bond acceptors (Lipinski definition) is 3. The van der Waals surface area contributed by atoms with Crippen molar-refractivity contribution < 1.29 is 0 Å². The molecule has 1 aromatic rings. The molecule has 0 saturated carbocycles. The molecule has 0 atom stereocenters. The van der Waals surface area contributed by atoms with Gasteiger partial charge in [0.05, 0.1) is 5.70 Å². The predicted octanol–water partition coefficient (Wildman–Crippen LogP) is 0.104. The van der Waals surface area contributed by atoms with Crippen LogP contribution in [0.5, 0.6) is 0 Å². The zero-order valence-corrected chi connectivity index (χ0v) is 6.94. The number of aromatic nitrogens is 2. The van der Waals surface area contributed by atoms with Gasteiger partial charge in [0.15, 0.2) is 5.49 Å². The molecule has 0 N–H and O–H groups in total. The fourth-order valence-corrected chi connectivity index (χ4v) is 1.64. The van der Waals surface area contributed by atoms with Crippen LogP contribution in [0.3, 0.4) is 0 Å². The Bertz CT molecular complexity index is 538. The molecular weight excluding hydrogens is 162 g/mol. The summed E-state index contributed by atoms with van der Waals surface area (Å²) >= 11 is 0. The zero-order valence-electron chi connectivity index (χ0n) is 6.94. The summed E-state index contributed by atoms with van der Waals surface area (Å²) in [5.41, 5.74) is 3.09. The van der Waals surface area contributed by atoms with Crippen molar-refractivity contribution >= 4 is 5.57 Å². The quantitative estimate of drug-likeness (QED) is 0.552. The second-order valence-electron chi connectivity index (χ2n) is 3.03. The molecule has 1 aliphatic heterocycles. The lowest BCUT2D eigenvalue weighted by atomic mass is 10.0. The Morgan fingerprint density at radius 2 is 2.31 bits per heavy atom. The van der Waals surface area contributed by atoms with Crippen molar-refractivity contribution in [2.45, 2.75) is 6.42 Å². The maximum Gasteiger partial charge on any atom is 0.163 e. The Labute approximate surface area is 74.9 Å². The van der Waals surface area contributed by atoms with E-state index in [0.717, 1.165) is 22.8 Å². The topological polar surface area (TPSA) is 38.1 Å². The van der Waals surface area contributed by atoms with E-state index in [1.54, 1.807) is 0 Å². The number of nitrogens with zero attached hydrogens (tertiary/aromatic N) is 3. The Morgan fingerprint density at radius 1 is 1.31 bits per heavy atom. The van der Waals surface area contributed by atoms with E-state index in [1.165, 1.54) is 11.9 Å². The fourth-order valence-electron chi connectivity index (χ4n) is 1.64. The van der Waals surface area contributed by atoms with E-state index in [4.69, 9.17) is 0 Å². The number of hydrogen-bond donors (Lipinski definition) is 0. The van der Waals surface area contributed by atoms with E-state index < -0.39 is 0 Å². The van der Waals surface area contributed by atoms with Gasteiger partial charge in [0.25, 0.3) is 0 Å². The van der Waals surface area contributed by atoms with Crippen molar-refractivity contribution in [1.82, 2.24) is 9.97 Å². The van der Waals surface area contributed by atoms with Gasteiger partial charge >= 0.3 is 0 Å². The van der Waals surface area contributed by atoms with E-state index in [9.17, 15) is 0 Å². The van der Waals surface area contributed by atoms with Crippen molar-refractivity contribution in [3.05, 3.63) is 47.2 Å². The van der Waals surface area contributed by atoms with Gasteiger partial charge in [-0.2, -0.15) is 0 Å². The average molecular weight is 169 g/mol. The van der Waals surface area contributed by atoms with Crippen LogP contribution in [0, 0.1) is 0 Å². The van der Waals surface area contributed by atoms with Crippen LogP contribution < -0.4 is 10.7 Å². The molecule has 2 aliphatic rings. The largest absolute Gasteiger partial charge is 0.244 e. The minimum Gasteiger partial charge on any atom is -0.244 e. The first kappa shape index (κ1) is 6.71. The van der Waals surface area contributed by atoms with Crippen molar-refractivity contribution in [1.29, 1.82) is 0 Å². The van der Waals surface area contributed by atoms with E-state index >= 15 is 0 Å². The van der Waals surface area contributed by atoms with Gasteiger partial charge in [0.2, 0.25) is 0 Å². The summed E-state index contributed by atoms with van der Waals surface area (Å²) in [6.45, 7) is 0. The molecule has 0 radical (unpaired) electrons. The van der Waals surface area contributed by atoms with Crippen molar-refractivity contribution in [3.8, 4) is 0 Å². The summed E-state index contributed by atoms with van der Waals surface area (Å²) in [6.07, 6.45) is 10.5. The molecule has 3 heteroatoms. The van der Waals surface area contributed by atoms with E-state index in [-0.39, 0.29) is 0 Å². The molecule has 1 aromatic heterocycles. The van der Waals surface area contributed by atoms with E-state index in [0.29, 0.717) is 0 Å². The van der Waals surface area contributed by atoms with Gasteiger partial charge in [0, 0.05) is 11.4 Å². The third-order valence-corrected chi connectivity index (χ3v) is 2.26. The smallest absolute Gasteiger partial charge is 0.163 e. The van der Waals surface area contributed by atoms with E-state index in [2.05, 4.69) is 21.0 Å². The number of allylic oxidation sites excluding steroid dienone is 4. The lowest BCUT2D eigenvalue weighted by Gasteiger charge is -2.02. The number of rotatable bonds is 0. The molecule has 3 rings (SSSR count). The highest BCUT2D eigenvalue weighted by Gasteiger charge is 2.13. The first-order valence-corrected chi connectivity index (χ1v) is 4.20. The predicted molar refractivity (Wildman–Crippen MR) is 48.1 cm³/mol. The van der Waals surface area contributed by atoms with Crippen LogP contribution in [0.4, 0.5) is 0 Å². The maximum absolute atomic E-state index is 4.40. The van der Waals surface area contributed by atoms with Gasteiger partial charge in [0.1, 0.15) is 6.33 Å². The number of fused-ring (bicyclic) bond motifs is 2. The van der Waals surface area contributed by atoms with Crippen LogP contribution in [0.2, 0.25) is 0 Å². The van der Waals surface area contributed by atoms with Gasteiger partial charge < -0.3 is 0 Å². The second kappa shape index (κ2) is 2.36. The first-order chi connectivity index (χ1) is 6.45. The maximum atomic E-state index is 4.40. The van der Waals surface area contributed by atoms with Gasteiger partial charge in [-0.05, 0) is 18.1 Å². The zero-order chi connectivity index (χ0) is 8.67. The molecule has 62 valence electrons.